The molecule has 148 valence electrons. The number of fused-ring (bicyclic) bond motifs is 1. The lowest BCUT2D eigenvalue weighted by Gasteiger charge is -2.12. The first-order chi connectivity index (χ1) is 13.5. The number of thiophene rings is 1. The molecule has 0 amide bonds. The summed E-state index contributed by atoms with van der Waals surface area (Å²) in [7, 11) is -3.74. The van der Waals surface area contributed by atoms with Gasteiger partial charge in [-0.1, -0.05) is 30.6 Å². The second kappa shape index (κ2) is 7.65. The van der Waals surface area contributed by atoms with Gasteiger partial charge >= 0.3 is 0 Å². The zero-order valence-corrected chi connectivity index (χ0v) is 17.3. The maximum Gasteiger partial charge on any atom is 0.262 e. The van der Waals surface area contributed by atoms with Crippen LogP contribution in [0.15, 0.2) is 33.7 Å². The minimum absolute atomic E-state index is 0.225. The topological polar surface area (TPSA) is 94.3 Å². The summed E-state index contributed by atoms with van der Waals surface area (Å²) >= 11 is 1.36. The standard InChI is InChI=1S/C19H21N3O4S2/c1-3-4-13-5-7-14(8-6-13)28(23,24)22-19-17(18-20-12(2)21-26-18)15-9-10-25-11-16(15)27-19/h5-8,22H,3-4,9-11H2,1-2H3. The maximum absolute atomic E-state index is 13.0. The summed E-state index contributed by atoms with van der Waals surface area (Å²) in [4.78, 5) is 5.51. The Morgan fingerprint density at radius 3 is 2.71 bits per heavy atom. The highest BCUT2D eigenvalue weighted by molar-refractivity contribution is 7.93. The molecule has 0 saturated carbocycles. The van der Waals surface area contributed by atoms with Crippen LogP contribution in [0.2, 0.25) is 0 Å². The number of aromatic nitrogens is 2. The summed E-state index contributed by atoms with van der Waals surface area (Å²) in [6, 6.07) is 6.99. The third kappa shape index (κ3) is 3.69. The lowest BCUT2D eigenvalue weighted by molar-refractivity contribution is 0.113. The van der Waals surface area contributed by atoms with Crippen molar-refractivity contribution in [3.05, 3.63) is 46.1 Å². The molecule has 0 bridgehead atoms. The van der Waals surface area contributed by atoms with Crippen molar-refractivity contribution in [2.75, 3.05) is 11.3 Å². The number of sulfonamides is 1. The molecule has 0 unspecified atom stereocenters. The average molecular weight is 420 g/mol. The molecule has 0 saturated heterocycles. The van der Waals surface area contributed by atoms with Crippen LogP contribution in [0.3, 0.4) is 0 Å². The van der Waals surface area contributed by atoms with E-state index in [9.17, 15) is 8.42 Å². The van der Waals surface area contributed by atoms with Gasteiger partial charge < -0.3 is 9.26 Å². The second-order valence-corrected chi connectivity index (χ2v) is 9.44. The van der Waals surface area contributed by atoms with Gasteiger partial charge in [0.25, 0.3) is 15.9 Å². The number of ether oxygens (including phenoxy) is 1. The Labute approximate surface area is 167 Å². The van der Waals surface area contributed by atoms with Crippen molar-refractivity contribution in [2.24, 2.45) is 0 Å². The van der Waals surface area contributed by atoms with Crippen LogP contribution < -0.4 is 4.72 Å². The Balaban J connectivity index is 1.71. The van der Waals surface area contributed by atoms with Gasteiger partial charge in [-0.25, -0.2) is 8.42 Å². The van der Waals surface area contributed by atoms with Gasteiger partial charge in [0.1, 0.15) is 5.00 Å². The van der Waals surface area contributed by atoms with Gasteiger partial charge in [-0.3, -0.25) is 4.72 Å². The van der Waals surface area contributed by atoms with Gasteiger partial charge in [0.15, 0.2) is 5.82 Å². The Hall–Kier alpha value is -2.23. The van der Waals surface area contributed by atoms with Crippen molar-refractivity contribution in [3.63, 3.8) is 0 Å². The Morgan fingerprint density at radius 2 is 2.04 bits per heavy atom. The molecule has 3 heterocycles. The highest BCUT2D eigenvalue weighted by Crippen LogP contribution is 2.43. The molecule has 28 heavy (non-hydrogen) atoms. The molecule has 4 rings (SSSR count). The van der Waals surface area contributed by atoms with Crippen molar-refractivity contribution >= 4 is 26.4 Å². The summed E-state index contributed by atoms with van der Waals surface area (Å²) in [6.07, 6.45) is 2.61. The maximum atomic E-state index is 13.0. The largest absolute Gasteiger partial charge is 0.376 e. The van der Waals surface area contributed by atoms with E-state index in [1.54, 1.807) is 19.1 Å². The molecule has 1 aliphatic rings. The first kappa shape index (κ1) is 19.1. The molecule has 0 radical (unpaired) electrons. The molecule has 0 aliphatic carbocycles. The van der Waals surface area contributed by atoms with Crippen LogP contribution >= 0.6 is 11.3 Å². The van der Waals surface area contributed by atoms with Gasteiger partial charge in [0.2, 0.25) is 0 Å². The van der Waals surface area contributed by atoms with E-state index >= 15 is 0 Å². The van der Waals surface area contributed by atoms with Crippen molar-refractivity contribution < 1.29 is 17.7 Å². The van der Waals surface area contributed by atoms with E-state index in [4.69, 9.17) is 9.26 Å². The van der Waals surface area contributed by atoms with Crippen molar-refractivity contribution in [1.29, 1.82) is 0 Å². The van der Waals surface area contributed by atoms with Crippen LogP contribution in [-0.4, -0.2) is 25.2 Å². The molecule has 1 aliphatic heterocycles. The van der Waals surface area contributed by atoms with Crippen molar-refractivity contribution in [3.8, 4) is 11.5 Å². The van der Waals surface area contributed by atoms with Crippen LogP contribution in [0, 0.1) is 6.92 Å². The highest BCUT2D eigenvalue weighted by atomic mass is 32.2. The van der Waals surface area contributed by atoms with E-state index in [0.717, 1.165) is 28.8 Å². The lowest BCUT2D eigenvalue weighted by Crippen LogP contribution is -2.13. The first-order valence-electron chi connectivity index (χ1n) is 9.12. The molecule has 0 atom stereocenters. The van der Waals surface area contributed by atoms with Crippen LogP contribution in [0.4, 0.5) is 5.00 Å². The fourth-order valence-electron chi connectivity index (χ4n) is 3.23. The molecule has 0 spiro atoms. The van der Waals surface area contributed by atoms with Gasteiger partial charge in [-0.15, -0.1) is 11.3 Å². The zero-order valence-electron chi connectivity index (χ0n) is 15.7. The highest BCUT2D eigenvalue weighted by Gasteiger charge is 2.28. The fourth-order valence-corrected chi connectivity index (χ4v) is 5.72. The number of nitrogens with one attached hydrogen (secondary N) is 1. The molecular formula is C19H21N3O4S2. The van der Waals surface area contributed by atoms with E-state index in [2.05, 4.69) is 21.8 Å². The molecular weight excluding hydrogens is 398 g/mol. The Kier molecular flexibility index (Phi) is 5.22. The molecule has 2 aromatic heterocycles. The number of aryl methyl sites for hydroxylation is 2. The monoisotopic (exact) mass is 419 g/mol. The van der Waals surface area contributed by atoms with E-state index < -0.39 is 10.0 Å². The van der Waals surface area contributed by atoms with Crippen LogP contribution in [-0.2, 0) is 34.2 Å². The number of nitrogens with zero attached hydrogens (tertiary/aromatic N) is 2. The Bertz CT molecular complexity index is 1090. The SMILES string of the molecule is CCCc1ccc(S(=O)(=O)Nc2sc3c(c2-c2nc(C)no2)CCOC3)cc1. The molecule has 1 N–H and O–H groups in total. The average Bonchev–Trinajstić information content (AvgIpc) is 3.24. The van der Waals surface area contributed by atoms with Crippen LogP contribution in [0.5, 0.6) is 0 Å². The smallest absolute Gasteiger partial charge is 0.262 e. The van der Waals surface area contributed by atoms with E-state index in [0.29, 0.717) is 41.9 Å². The fraction of sp³-hybridized carbons (Fsp3) is 0.368. The van der Waals surface area contributed by atoms with Crippen molar-refractivity contribution in [1.82, 2.24) is 10.1 Å². The molecule has 1 aromatic carbocycles. The summed E-state index contributed by atoms with van der Waals surface area (Å²) in [5.74, 6) is 0.829. The second-order valence-electron chi connectivity index (χ2n) is 6.66. The van der Waals surface area contributed by atoms with Crippen LogP contribution in [0.25, 0.3) is 11.5 Å². The summed E-state index contributed by atoms with van der Waals surface area (Å²) in [6.45, 7) is 4.86. The number of rotatable bonds is 6. The third-order valence-corrected chi connectivity index (χ3v) is 7.18. The normalized spacial score (nSPS) is 14.1. The summed E-state index contributed by atoms with van der Waals surface area (Å²) in [5, 5.41) is 4.34. The predicted molar refractivity (Wildman–Crippen MR) is 107 cm³/mol. The molecule has 3 aromatic rings. The zero-order chi connectivity index (χ0) is 19.7. The van der Waals surface area contributed by atoms with E-state index in [-0.39, 0.29) is 4.90 Å². The lowest BCUT2D eigenvalue weighted by atomic mass is 10.1. The van der Waals surface area contributed by atoms with Crippen LogP contribution in [0.1, 0.15) is 35.2 Å². The number of hydrogen-bond acceptors (Lipinski definition) is 7. The minimum Gasteiger partial charge on any atom is -0.376 e. The van der Waals surface area contributed by atoms with Gasteiger partial charge in [0.05, 0.1) is 23.7 Å². The van der Waals surface area contributed by atoms with Gasteiger partial charge in [-0.2, -0.15) is 4.98 Å². The predicted octanol–water partition coefficient (Wildman–Crippen LogP) is 3.93. The molecule has 9 heteroatoms. The minimum atomic E-state index is -3.74. The van der Waals surface area contributed by atoms with E-state index in [1.807, 2.05) is 12.1 Å². The number of hydrogen-bond donors (Lipinski definition) is 1. The summed E-state index contributed by atoms with van der Waals surface area (Å²) < 4.78 is 39.5. The van der Waals surface area contributed by atoms with Gasteiger partial charge in [-0.05, 0) is 43.0 Å². The third-order valence-electron chi connectivity index (χ3n) is 4.56. The van der Waals surface area contributed by atoms with Gasteiger partial charge in [0, 0.05) is 4.88 Å². The van der Waals surface area contributed by atoms with Crippen molar-refractivity contribution in [2.45, 2.75) is 44.6 Å². The Morgan fingerprint density at radius 1 is 1.25 bits per heavy atom. The number of benzene rings is 1. The molecule has 7 nitrogen and oxygen atoms in total. The number of anilines is 1. The van der Waals surface area contributed by atoms with E-state index in [1.165, 1.54) is 11.3 Å². The quantitative estimate of drug-likeness (QED) is 0.650. The summed E-state index contributed by atoms with van der Waals surface area (Å²) in [5.41, 5.74) is 2.79. The first-order valence-corrected chi connectivity index (χ1v) is 11.4. The molecule has 0 fully saturated rings.